The van der Waals surface area contributed by atoms with Gasteiger partial charge in [-0.1, -0.05) is 13.8 Å². The van der Waals surface area contributed by atoms with Gasteiger partial charge in [-0.2, -0.15) is 0 Å². The molecule has 0 radical (unpaired) electrons. The Balaban J connectivity index is 2.26. The maximum Gasteiger partial charge on any atom is 0.123 e. The Morgan fingerprint density at radius 1 is 1.44 bits per heavy atom. The predicted octanol–water partition coefficient (Wildman–Crippen LogP) is 3.56. The first-order valence-corrected chi connectivity index (χ1v) is 6.75. The molecule has 2 heterocycles. The van der Waals surface area contributed by atoms with E-state index in [1.54, 1.807) is 11.3 Å². The number of aromatic amines is 1. The van der Waals surface area contributed by atoms with E-state index in [9.17, 15) is 0 Å². The van der Waals surface area contributed by atoms with Gasteiger partial charge in [-0.05, 0) is 34.0 Å². The van der Waals surface area contributed by atoms with Gasteiger partial charge < -0.3 is 10.7 Å². The van der Waals surface area contributed by atoms with Crippen molar-refractivity contribution in [2.45, 2.75) is 19.9 Å². The summed E-state index contributed by atoms with van der Waals surface area (Å²) < 4.78 is 1.12. The van der Waals surface area contributed by atoms with Crippen LogP contribution in [-0.2, 0) is 0 Å². The van der Waals surface area contributed by atoms with E-state index in [0.29, 0.717) is 5.92 Å². The zero-order valence-electron chi connectivity index (χ0n) is 9.20. The van der Waals surface area contributed by atoms with Crippen LogP contribution in [0.2, 0.25) is 0 Å². The van der Waals surface area contributed by atoms with Gasteiger partial charge in [0.1, 0.15) is 5.82 Å². The molecule has 5 heteroatoms. The molecular formula is C11H14BrN3S. The van der Waals surface area contributed by atoms with Crippen LogP contribution >= 0.6 is 27.3 Å². The fourth-order valence-electron chi connectivity index (χ4n) is 1.41. The van der Waals surface area contributed by atoms with Crippen molar-refractivity contribution in [1.29, 1.82) is 0 Å². The molecule has 16 heavy (non-hydrogen) atoms. The van der Waals surface area contributed by atoms with E-state index in [2.05, 4.69) is 45.8 Å². The number of nitrogens with one attached hydrogen (secondary N) is 1. The third-order valence-corrected chi connectivity index (χ3v) is 4.13. The van der Waals surface area contributed by atoms with Gasteiger partial charge in [0, 0.05) is 0 Å². The lowest BCUT2D eigenvalue weighted by atomic mass is 10.1. The Labute approximate surface area is 107 Å². The molecule has 0 saturated carbocycles. The number of hydrogen-bond donors (Lipinski definition) is 2. The average Bonchev–Trinajstić information content (AvgIpc) is 2.84. The first-order chi connectivity index (χ1) is 7.58. The van der Waals surface area contributed by atoms with E-state index < -0.39 is 0 Å². The standard InChI is InChI=1S/C11H14BrN3S/c1-6(2)10(13)11-14-5-7(15-11)8-3-4-9(12)16-8/h3-6,10H,13H2,1-2H3,(H,14,15). The summed E-state index contributed by atoms with van der Waals surface area (Å²) in [6, 6.07) is 4.06. The molecule has 0 aliphatic rings. The fraction of sp³-hybridized carbons (Fsp3) is 0.364. The van der Waals surface area contributed by atoms with Crippen LogP contribution in [0.15, 0.2) is 22.1 Å². The molecule has 0 aromatic carbocycles. The van der Waals surface area contributed by atoms with Gasteiger partial charge in [-0.25, -0.2) is 4.98 Å². The molecule has 0 fully saturated rings. The van der Waals surface area contributed by atoms with Gasteiger partial charge in [0.15, 0.2) is 0 Å². The molecule has 1 atom stereocenters. The number of hydrogen-bond acceptors (Lipinski definition) is 3. The van der Waals surface area contributed by atoms with Crippen molar-refractivity contribution in [2.24, 2.45) is 11.7 Å². The minimum absolute atomic E-state index is 0.0304. The van der Waals surface area contributed by atoms with Gasteiger partial charge in [0.05, 0.1) is 26.6 Å². The number of halogens is 1. The number of thiophene rings is 1. The normalized spacial score (nSPS) is 13.3. The Bertz CT molecular complexity index is 475. The molecule has 0 spiro atoms. The SMILES string of the molecule is CC(C)C(N)c1ncc(-c2ccc(Br)s2)[nH]1. The minimum Gasteiger partial charge on any atom is -0.340 e. The molecule has 2 aromatic rings. The quantitative estimate of drug-likeness (QED) is 0.910. The molecule has 0 amide bonds. The second-order valence-corrected chi connectivity index (χ2v) is 6.52. The van der Waals surface area contributed by atoms with Crippen LogP contribution in [-0.4, -0.2) is 9.97 Å². The van der Waals surface area contributed by atoms with Crippen molar-refractivity contribution in [3.05, 3.63) is 27.9 Å². The number of nitrogens with zero attached hydrogens (tertiary/aromatic N) is 1. The van der Waals surface area contributed by atoms with Gasteiger partial charge in [-0.15, -0.1) is 11.3 Å². The van der Waals surface area contributed by atoms with Crippen molar-refractivity contribution in [2.75, 3.05) is 0 Å². The smallest absolute Gasteiger partial charge is 0.123 e. The molecule has 3 nitrogen and oxygen atoms in total. The monoisotopic (exact) mass is 299 g/mol. The number of aromatic nitrogens is 2. The third kappa shape index (κ3) is 2.36. The molecule has 3 N–H and O–H groups in total. The van der Waals surface area contributed by atoms with Crippen molar-refractivity contribution in [3.8, 4) is 10.6 Å². The first kappa shape index (κ1) is 11.8. The summed E-state index contributed by atoms with van der Waals surface area (Å²) in [5.74, 6) is 1.24. The minimum atomic E-state index is -0.0304. The maximum atomic E-state index is 6.03. The van der Waals surface area contributed by atoms with Gasteiger partial charge >= 0.3 is 0 Å². The molecule has 0 saturated heterocycles. The van der Waals surface area contributed by atoms with Crippen LogP contribution in [0.4, 0.5) is 0 Å². The van der Waals surface area contributed by atoms with Gasteiger partial charge in [-0.3, -0.25) is 0 Å². The lowest BCUT2D eigenvalue weighted by Crippen LogP contribution is -2.18. The second kappa shape index (κ2) is 4.69. The zero-order valence-corrected chi connectivity index (χ0v) is 11.6. The van der Waals surface area contributed by atoms with Crippen LogP contribution in [0.5, 0.6) is 0 Å². The number of imidazole rings is 1. The van der Waals surface area contributed by atoms with Crippen LogP contribution in [0, 0.1) is 5.92 Å². The number of nitrogens with two attached hydrogens (primary N) is 1. The van der Waals surface area contributed by atoms with E-state index in [1.807, 2.05) is 12.3 Å². The largest absolute Gasteiger partial charge is 0.340 e. The first-order valence-electron chi connectivity index (χ1n) is 5.14. The van der Waals surface area contributed by atoms with Gasteiger partial charge in [0.2, 0.25) is 0 Å². The van der Waals surface area contributed by atoms with E-state index in [-0.39, 0.29) is 6.04 Å². The Morgan fingerprint density at radius 2 is 2.19 bits per heavy atom. The summed E-state index contributed by atoms with van der Waals surface area (Å²) >= 11 is 5.13. The summed E-state index contributed by atoms with van der Waals surface area (Å²) in [6.07, 6.45) is 1.84. The average molecular weight is 300 g/mol. The Morgan fingerprint density at radius 3 is 2.75 bits per heavy atom. The fourth-order valence-corrected chi connectivity index (χ4v) is 2.76. The molecule has 0 aliphatic carbocycles. The van der Waals surface area contributed by atoms with E-state index in [4.69, 9.17) is 5.73 Å². The number of H-pyrrole nitrogens is 1. The molecular weight excluding hydrogens is 286 g/mol. The van der Waals surface area contributed by atoms with Gasteiger partial charge in [0.25, 0.3) is 0 Å². The summed E-state index contributed by atoms with van der Waals surface area (Å²) in [5, 5.41) is 0. The van der Waals surface area contributed by atoms with Crippen molar-refractivity contribution < 1.29 is 0 Å². The van der Waals surface area contributed by atoms with E-state index >= 15 is 0 Å². The van der Waals surface area contributed by atoms with Crippen LogP contribution < -0.4 is 5.73 Å². The lowest BCUT2D eigenvalue weighted by Gasteiger charge is -2.11. The highest BCUT2D eigenvalue weighted by atomic mass is 79.9. The second-order valence-electron chi connectivity index (χ2n) is 4.06. The van der Waals surface area contributed by atoms with E-state index in [1.165, 1.54) is 4.88 Å². The van der Waals surface area contributed by atoms with Crippen LogP contribution in [0.3, 0.4) is 0 Å². The Kier molecular flexibility index (Phi) is 3.47. The van der Waals surface area contributed by atoms with Crippen LogP contribution in [0.25, 0.3) is 10.6 Å². The summed E-state index contributed by atoms with van der Waals surface area (Å²) in [5.41, 5.74) is 7.06. The highest BCUT2D eigenvalue weighted by Crippen LogP contribution is 2.30. The number of rotatable bonds is 3. The topological polar surface area (TPSA) is 54.7 Å². The summed E-state index contributed by atoms with van der Waals surface area (Å²) in [6.45, 7) is 4.18. The van der Waals surface area contributed by atoms with E-state index in [0.717, 1.165) is 15.3 Å². The highest BCUT2D eigenvalue weighted by Gasteiger charge is 2.14. The molecule has 0 bridgehead atoms. The zero-order chi connectivity index (χ0) is 11.7. The summed E-state index contributed by atoms with van der Waals surface area (Å²) in [4.78, 5) is 8.78. The molecule has 1 unspecified atom stereocenters. The van der Waals surface area contributed by atoms with Crippen molar-refractivity contribution in [1.82, 2.24) is 9.97 Å². The molecule has 2 rings (SSSR count). The third-order valence-electron chi connectivity index (χ3n) is 2.47. The lowest BCUT2D eigenvalue weighted by molar-refractivity contribution is 0.494. The van der Waals surface area contributed by atoms with Crippen molar-refractivity contribution >= 4 is 27.3 Å². The predicted molar refractivity (Wildman–Crippen MR) is 71.4 cm³/mol. The van der Waals surface area contributed by atoms with Crippen molar-refractivity contribution in [3.63, 3.8) is 0 Å². The maximum absolute atomic E-state index is 6.03. The highest BCUT2D eigenvalue weighted by molar-refractivity contribution is 9.11. The molecule has 2 aromatic heterocycles. The Hall–Kier alpha value is -0.650. The summed E-state index contributed by atoms with van der Waals surface area (Å²) in [7, 11) is 0. The molecule has 86 valence electrons. The van der Waals surface area contributed by atoms with Crippen LogP contribution in [0.1, 0.15) is 25.7 Å². The molecule has 0 aliphatic heterocycles.